The maximum absolute atomic E-state index is 10.3. The molecular formula is C10H20NNaO2. The van der Waals surface area contributed by atoms with Gasteiger partial charge >= 0.3 is 29.6 Å². The number of aliphatic carboxylic acids is 1. The minimum atomic E-state index is -0.987. The van der Waals surface area contributed by atoms with Crippen molar-refractivity contribution in [2.45, 2.75) is 39.5 Å². The number of rotatable bonds is 7. The zero-order chi connectivity index (χ0) is 10.3. The fourth-order valence-electron chi connectivity index (χ4n) is 1.68. The van der Waals surface area contributed by atoms with E-state index < -0.39 is 5.97 Å². The first kappa shape index (κ1) is 16.8. The van der Waals surface area contributed by atoms with Crippen LogP contribution in [-0.4, -0.2) is 12.5 Å². The van der Waals surface area contributed by atoms with E-state index in [-0.39, 0.29) is 41.9 Å². The molecule has 0 radical (unpaired) electrons. The molecule has 2 N–H and O–H groups in total. The summed E-state index contributed by atoms with van der Waals surface area (Å²) in [6.45, 7) is 4.72. The van der Waals surface area contributed by atoms with Crippen molar-refractivity contribution in [2.75, 3.05) is 6.54 Å². The van der Waals surface area contributed by atoms with Crippen LogP contribution in [0.2, 0.25) is 0 Å². The Kier molecular flexibility index (Phi) is 12.0. The summed E-state index contributed by atoms with van der Waals surface area (Å²) in [4.78, 5) is 10.3. The Balaban J connectivity index is 0. The fraction of sp³-hybridized carbons (Fsp3) is 0.900. The molecule has 0 saturated heterocycles. The minimum Gasteiger partial charge on any atom is -0.550 e. The molecule has 4 heteroatoms. The van der Waals surface area contributed by atoms with Crippen LogP contribution in [-0.2, 0) is 4.79 Å². The van der Waals surface area contributed by atoms with Gasteiger partial charge in [-0.05, 0) is 31.2 Å². The summed E-state index contributed by atoms with van der Waals surface area (Å²) in [6.07, 6.45) is 3.29. The molecule has 0 heterocycles. The molecule has 0 aromatic heterocycles. The van der Waals surface area contributed by atoms with E-state index in [0.717, 1.165) is 19.3 Å². The molecule has 0 unspecified atom stereocenters. The van der Waals surface area contributed by atoms with Crippen LogP contribution in [0.25, 0.3) is 0 Å². The van der Waals surface area contributed by atoms with Crippen LogP contribution >= 0.6 is 0 Å². The molecule has 0 rings (SSSR count). The van der Waals surface area contributed by atoms with Crippen LogP contribution in [0.3, 0.4) is 0 Å². The van der Waals surface area contributed by atoms with Crippen LogP contribution in [0.4, 0.5) is 0 Å². The Labute approximate surface area is 109 Å². The molecule has 0 aliphatic carbocycles. The van der Waals surface area contributed by atoms with E-state index in [1.54, 1.807) is 0 Å². The Morgan fingerprint density at radius 3 is 2.43 bits per heavy atom. The Bertz CT molecular complexity index is 153. The van der Waals surface area contributed by atoms with E-state index in [1.165, 1.54) is 0 Å². The summed E-state index contributed by atoms with van der Waals surface area (Å²) < 4.78 is 0. The molecule has 0 aliphatic heterocycles. The number of nitrogens with two attached hydrogens (primary N) is 1. The number of carbonyl (C=O) groups is 1. The Morgan fingerprint density at radius 1 is 1.50 bits per heavy atom. The molecule has 2 atom stereocenters. The normalized spacial score (nSPS) is 14.2. The van der Waals surface area contributed by atoms with Crippen molar-refractivity contribution in [1.29, 1.82) is 0 Å². The number of carboxylic acid groups (broad SMARTS) is 1. The van der Waals surface area contributed by atoms with E-state index in [2.05, 4.69) is 13.8 Å². The SMILES string of the molecule is CCC[C@@H](C)C[C@H](CN)CC(=O)[O-].[Na+]. The van der Waals surface area contributed by atoms with Gasteiger partial charge in [0.1, 0.15) is 0 Å². The second-order valence-corrected chi connectivity index (χ2v) is 3.81. The molecule has 0 bridgehead atoms. The van der Waals surface area contributed by atoms with E-state index in [9.17, 15) is 9.90 Å². The number of hydrogen-bond donors (Lipinski definition) is 1. The summed E-state index contributed by atoms with van der Waals surface area (Å²) in [5.74, 6) is -0.330. The van der Waals surface area contributed by atoms with E-state index in [1.807, 2.05) is 0 Å². The second-order valence-electron chi connectivity index (χ2n) is 3.81. The summed E-state index contributed by atoms with van der Waals surface area (Å²) in [6, 6.07) is 0. The molecule has 78 valence electrons. The molecule has 14 heavy (non-hydrogen) atoms. The average Bonchev–Trinajstić information content (AvgIpc) is 2.02. The Hall–Kier alpha value is 0.430. The fourth-order valence-corrected chi connectivity index (χ4v) is 1.68. The van der Waals surface area contributed by atoms with Crippen LogP contribution < -0.4 is 40.4 Å². The smallest absolute Gasteiger partial charge is 0.550 e. The van der Waals surface area contributed by atoms with Gasteiger partial charge in [-0.2, -0.15) is 0 Å². The molecular weight excluding hydrogens is 189 g/mol. The van der Waals surface area contributed by atoms with Gasteiger partial charge in [-0.15, -0.1) is 0 Å². The van der Waals surface area contributed by atoms with Gasteiger partial charge in [0, 0.05) is 5.97 Å². The van der Waals surface area contributed by atoms with Crippen molar-refractivity contribution in [2.24, 2.45) is 17.6 Å². The van der Waals surface area contributed by atoms with Gasteiger partial charge in [-0.1, -0.05) is 26.7 Å². The first-order chi connectivity index (χ1) is 6.10. The number of hydrogen-bond acceptors (Lipinski definition) is 3. The average molecular weight is 209 g/mol. The topological polar surface area (TPSA) is 66.2 Å². The standard InChI is InChI=1S/C10H21NO2.Na/c1-3-4-8(2)5-9(7-11)6-10(12)13;/h8-9H,3-7,11H2,1-2H3,(H,12,13);/q;+1/p-1/t8-,9+;/m1./s1. The first-order valence-corrected chi connectivity index (χ1v) is 5.00. The summed E-state index contributed by atoms with van der Waals surface area (Å²) in [5, 5.41) is 10.3. The summed E-state index contributed by atoms with van der Waals surface area (Å²) in [5.41, 5.74) is 5.47. The van der Waals surface area contributed by atoms with Crippen LogP contribution in [0.1, 0.15) is 39.5 Å². The summed E-state index contributed by atoms with van der Waals surface area (Å²) in [7, 11) is 0. The van der Waals surface area contributed by atoms with Gasteiger partial charge < -0.3 is 15.6 Å². The van der Waals surface area contributed by atoms with Gasteiger partial charge in [-0.25, -0.2) is 0 Å². The zero-order valence-electron chi connectivity index (χ0n) is 9.58. The molecule has 0 spiro atoms. The minimum absolute atomic E-state index is 0. The summed E-state index contributed by atoms with van der Waals surface area (Å²) >= 11 is 0. The van der Waals surface area contributed by atoms with Gasteiger partial charge in [-0.3, -0.25) is 0 Å². The molecule has 0 fully saturated rings. The maximum atomic E-state index is 10.3. The quantitative estimate of drug-likeness (QED) is 0.473. The third-order valence-electron chi connectivity index (χ3n) is 2.31. The molecule has 0 amide bonds. The molecule has 0 saturated carbocycles. The predicted octanol–water partition coefficient (Wildman–Crippen LogP) is -2.47. The van der Waals surface area contributed by atoms with Gasteiger partial charge in [0.05, 0.1) is 0 Å². The number of carboxylic acids is 1. The Morgan fingerprint density at radius 2 is 2.07 bits per heavy atom. The van der Waals surface area contributed by atoms with Crippen molar-refractivity contribution in [3.05, 3.63) is 0 Å². The van der Waals surface area contributed by atoms with Crippen molar-refractivity contribution in [1.82, 2.24) is 0 Å². The molecule has 0 aromatic rings. The van der Waals surface area contributed by atoms with Crippen LogP contribution in [0.5, 0.6) is 0 Å². The first-order valence-electron chi connectivity index (χ1n) is 5.00. The van der Waals surface area contributed by atoms with E-state index >= 15 is 0 Å². The maximum Gasteiger partial charge on any atom is 1.00 e. The van der Waals surface area contributed by atoms with Gasteiger partial charge in [0.15, 0.2) is 0 Å². The largest absolute Gasteiger partial charge is 1.00 e. The monoisotopic (exact) mass is 209 g/mol. The zero-order valence-corrected chi connectivity index (χ0v) is 11.6. The second kappa shape index (κ2) is 9.97. The van der Waals surface area contributed by atoms with Crippen molar-refractivity contribution in [3.63, 3.8) is 0 Å². The van der Waals surface area contributed by atoms with E-state index in [0.29, 0.717) is 12.5 Å². The van der Waals surface area contributed by atoms with E-state index in [4.69, 9.17) is 5.73 Å². The van der Waals surface area contributed by atoms with Crippen molar-refractivity contribution < 1.29 is 39.5 Å². The van der Waals surface area contributed by atoms with Gasteiger partial charge in [0.25, 0.3) is 0 Å². The van der Waals surface area contributed by atoms with Crippen molar-refractivity contribution in [3.8, 4) is 0 Å². The van der Waals surface area contributed by atoms with Crippen molar-refractivity contribution >= 4 is 5.97 Å². The molecule has 0 aromatic carbocycles. The molecule has 0 aliphatic rings. The van der Waals surface area contributed by atoms with Crippen LogP contribution in [0.15, 0.2) is 0 Å². The van der Waals surface area contributed by atoms with Gasteiger partial charge in [0.2, 0.25) is 0 Å². The number of carbonyl (C=O) groups excluding carboxylic acids is 1. The third-order valence-corrected chi connectivity index (χ3v) is 2.31. The third kappa shape index (κ3) is 9.00. The molecule has 3 nitrogen and oxygen atoms in total. The van der Waals surface area contributed by atoms with Crippen LogP contribution in [0, 0.1) is 11.8 Å². The predicted molar refractivity (Wildman–Crippen MR) is 50.9 cm³/mol.